The van der Waals surface area contributed by atoms with Crippen LogP contribution in [-0.4, -0.2) is 0 Å². The van der Waals surface area contributed by atoms with Gasteiger partial charge in [0.2, 0.25) is 0 Å². The van der Waals surface area contributed by atoms with E-state index in [-0.39, 0.29) is 0 Å². The van der Waals surface area contributed by atoms with Crippen molar-refractivity contribution in [3.8, 4) is 0 Å². The summed E-state index contributed by atoms with van der Waals surface area (Å²) in [5.41, 5.74) is 0. The van der Waals surface area contributed by atoms with Crippen LogP contribution in [0.3, 0.4) is 0 Å². The minimum atomic E-state index is 0.904. The fourth-order valence-electron chi connectivity index (χ4n) is 7.09. The van der Waals surface area contributed by atoms with Crippen LogP contribution >= 0.6 is 0 Å². The Morgan fingerprint density at radius 1 is 0.750 bits per heavy atom. The molecule has 0 N–H and O–H groups in total. The first-order valence-electron chi connectivity index (χ1n) is 7.35. The second-order valence-electron chi connectivity index (χ2n) is 7.26. The zero-order valence-corrected chi connectivity index (χ0v) is 9.56. The summed E-state index contributed by atoms with van der Waals surface area (Å²) in [6.07, 6.45) is 7.78. The van der Waals surface area contributed by atoms with E-state index in [4.69, 9.17) is 4.74 Å². The quantitative estimate of drug-likeness (QED) is 0.564. The first kappa shape index (κ1) is 7.79. The number of allylic oxidation sites excluding steroid dienone is 2. The van der Waals surface area contributed by atoms with Crippen LogP contribution in [0.15, 0.2) is 11.5 Å². The highest BCUT2D eigenvalue weighted by atomic mass is 16.6. The molecule has 6 aliphatic rings. The summed E-state index contributed by atoms with van der Waals surface area (Å²) < 4.78 is 5.76. The Labute approximate surface area is 96.2 Å². The minimum Gasteiger partial charge on any atom is -0.458 e. The topological polar surface area (TPSA) is 12.5 Å². The fraction of sp³-hybridized carbons (Fsp3) is 0.867. The van der Waals surface area contributed by atoms with Gasteiger partial charge in [-0.3, -0.25) is 0 Å². The molecule has 0 saturated heterocycles. The standard InChI is InChI=1S/C15H18O/c1-2-6-7(3-1)9-4-8(6)12-10-5-11(13(9)12)15-14(10)16-15/h6-13H,1-5H2. The van der Waals surface area contributed by atoms with E-state index in [0.717, 1.165) is 47.3 Å². The molecule has 16 heavy (non-hydrogen) atoms. The molecule has 6 rings (SSSR count). The predicted octanol–water partition coefficient (Wildman–Crippen LogP) is 3.18. The zero-order chi connectivity index (χ0) is 10.0. The average Bonchev–Trinajstić information content (AvgIpc) is 2.77. The van der Waals surface area contributed by atoms with Crippen LogP contribution < -0.4 is 0 Å². The van der Waals surface area contributed by atoms with Crippen molar-refractivity contribution in [3.05, 3.63) is 11.5 Å². The second-order valence-corrected chi connectivity index (χ2v) is 7.26. The Kier molecular flexibility index (Phi) is 1.03. The molecule has 4 bridgehead atoms. The summed E-state index contributed by atoms with van der Waals surface area (Å²) in [6, 6.07) is 0. The lowest BCUT2D eigenvalue weighted by Crippen LogP contribution is -2.34. The second kappa shape index (κ2) is 2.11. The molecule has 1 heterocycles. The minimum absolute atomic E-state index is 0.904. The molecule has 8 atom stereocenters. The Hall–Kier alpha value is -0.460. The average molecular weight is 214 g/mol. The summed E-state index contributed by atoms with van der Waals surface area (Å²) >= 11 is 0. The third-order valence-corrected chi connectivity index (χ3v) is 7.23. The van der Waals surface area contributed by atoms with Crippen LogP contribution in [0.1, 0.15) is 32.1 Å². The normalized spacial score (nSPS) is 67.0. The number of hydrogen-bond acceptors (Lipinski definition) is 1. The summed E-state index contributed by atoms with van der Waals surface area (Å²) in [4.78, 5) is 0. The maximum Gasteiger partial charge on any atom is 0.146 e. The Balaban J connectivity index is 1.51. The molecule has 1 aliphatic heterocycles. The van der Waals surface area contributed by atoms with Crippen LogP contribution in [0.2, 0.25) is 0 Å². The summed E-state index contributed by atoms with van der Waals surface area (Å²) in [6.45, 7) is 0. The van der Waals surface area contributed by atoms with Crippen LogP contribution in [0.4, 0.5) is 0 Å². The van der Waals surface area contributed by atoms with Crippen molar-refractivity contribution in [2.45, 2.75) is 32.1 Å². The number of ether oxygens (including phenoxy) is 1. The van der Waals surface area contributed by atoms with E-state index in [1.54, 1.807) is 25.7 Å². The Morgan fingerprint density at radius 2 is 1.38 bits per heavy atom. The third-order valence-electron chi connectivity index (χ3n) is 7.23. The Bertz CT molecular complexity index is 401. The highest BCUT2D eigenvalue weighted by Gasteiger charge is 2.71. The molecule has 5 aliphatic carbocycles. The van der Waals surface area contributed by atoms with E-state index in [2.05, 4.69) is 0 Å². The van der Waals surface area contributed by atoms with Crippen molar-refractivity contribution in [1.82, 2.24) is 0 Å². The zero-order valence-electron chi connectivity index (χ0n) is 9.56. The lowest BCUT2D eigenvalue weighted by Gasteiger charge is -2.37. The van der Waals surface area contributed by atoms with Gasteiger partial charge in [0, 0.05) is 11.8 Å². The van der Waals surface area contributed by atoms with E-state index in [9.17, 15) is 0 Å². The first-order valence-corrected chi connectivity index (χ1v) is 7.35. The van der Waals surface area contributed by atoms with E-state index < -0.39 is 0 Å². The molecular weight excluding hydrogens is 196 g/mol. The number of hydrogen-bond donors (Lipinski definition) is 0. The molecule has 8 unspecified atom stereocenters. The van der Waals surface area contributed by atoms with Gasteiger partial charge in [0.05, 0.1) is 0 Å². The molecule has 4 saturated carbocycles. The third kappa shape index (κ3) is 0.601. The molecule has 0 radical (unpaired) electrons. The van der Waals surface area contributed by atoms with Gasteiger partial charge in [0.15, 0.2) is 0 Å². The molecule has 4 fully saturated rings. The van der Waals surface area contributed by atoms with Gasteiger partial charge in [-0.2, -0.15) is 0 Å². The largest absolute Gasteiger partial charge is 0.458 e. The van der Waals surface area contributed by atoms with Crippen LogP contribution in [-0.2, 0) is 4.74 Å². The lowest BCUT2D eigenvalue weighted by atomic mass is 9.66. The van der Waals surface area contributed by atoms with Gasteiger partial charge in [-0.15, -0.1) is 0 Å². The van der Waals surface area contributed by atoms with Crippen LogP contribution in [0.5, 0.6) is 0 Å². The van der Waals surface area contributed by atoms with Crippen molar-refractivity contribution in [2.75, 3.05) is 0 Å². The lowest BCUT2D eigenvalue weighted by molar-refractivity contribution is 0.108. The summed E-state index contributed by atoms with van der Waals surface area (Å²) in [7, 11) is 0. The fourth-order valence-corrected chi connectivity index (χ4v) is 7.09. The molecular formula is C15H18O. The van der Waals surface area contributed by atoms with Crippen molar-refractivity contribution in [3.63, 3.8) is 0 Å². The van der Waals surface area contributed by atoms with Gasteiger partial charge in [-0.1, -0.05) is 6.42 Å². The monoisotopic (exact) mass is 214 g/mol. The van der Waals surface area contributed by atoms with E-state index in [0.29, 0.717) is 0 Å². The first-order chi connectivity index (χ1) is 7.93. The van der Waals surface area contributed by atoms with Crippen molar-refractivity contribution in [1.29, 1.82) is 0 Å². The molecule has 0 spiro atoms. The summed E-state index contributed by atoms with van der Waals surface area (Å²) in [5, 5.41) is 0. The molecule has 1 nitrogen and oxygen atoms in total. The van der Waals surface area contributed by atoms with Gasteiger partial charge in [0.25, 0.3) is 0 Å². The van der Waals surface area contributed by atoms with Crippen LogP contribution in [0.25, 0.3) is 0 Å². The van der Waals surface area contributed by atoms with Gasteiger partial charge in [-0.05, 0) is 61.2 Å². The van der Waals surface area contributed by atoms with E-state index in [1.807, 2.05) is 0 Å². The van der Waals surface area contributed by atoms with Crippen molar-refractivity contribution in [2.24, 2.45) is 47.3 Å². The highest BCUT2D eigenvalue weighted by molar-refractivity contribution is 5.38. The molecule has 0 aromatic carbocycles. The van der Waals surface area contributed by atoms with Crippen molar-refractivity contribution < 1.29 is 4.74 Å². The van der Waals surface area contributed by atoms with Gasteiger partial charge in [-0.25, -0.2) is 0 Å². The number of rotatable bonds is 0. The molecule has 84 valence electrons. The maximum absolute atomic E-state index is 5.76. The smallest absolute Gasteiger partial charge is 0.146 e. The predicted molar refractivity (Wildman–Crippen MR) is 59.1 cm³/mol. The van der Waals surface area contributed by atoms with Crippen LogP contribution in [0, 0.1) is 47.3 Å². The SMILES string of the molecule is C1CC2C(C1)C1CC2C2C3CC(C4=C3O4)C12. The van der Waals surface area contributed by atoms with Gasteiger partial charge < -0.3 is 4.74 Å². The van der Waals surface area contributed by atoms with Crippen molar-refractivity contribution >= 4 is 0 Å². The molecule has 0 aromatic rings. The van der Waals surface area contributed by atoms with Gasteiger partial charge in [0.1, 0.15) is 11.5 Å². The molecule has 0 aromatic heterocycles. The Morgan fingerprint density at radius 3 is 2.00 bits per heavy atom. The van der Waals surface area contributed by atoms with Gasteiger partial charge >= 0.3 is 0 Å². The molecule has 0 amide bonds. The maximum atomic E-state index is 5.76. The van der Waals surface area contributed by atoms with E-state index in [1.165, 1.54) is 17.9 Å². The molecule has 1 heteroatoms. The summed E-state index contributed by atoms with van der Waals surface area (Å²) in [5.74, 6) is 11.5. The van der Waals surface area contributed by atoms with E-state index >= 15 is 0 Å². The highest BCUT2D eigenvalue weighted by Crippen LogP contribution is 2.76. The number of fused-ring (bicyclic) bond motifs is 14.